The molecule has 0 atom stereocenters. The van der Waals surface area contributed by atoms with Crippen LogP contribution >= 0.6 is 11.3 Å². The molecule has 1 aromatic rings. The van der Waals surface area contributed by atoms with Gasteiger partial charge in [0.1, 0.15) is 0 Å². The van der Waals surface area contributed by atoms with Gasteiger partial charge in [0.2, 0.25) is 0 Å². The third-order valence-electron chi connectivity index (χ3n) is 3.23. The van der Waals surface area contributed by atoms with Crippen molar-refractivity contribution in [1.29, 1.82) is 0 Å². The molecule has 0 aromatic carbocycles. The second-order valence-electron chi connectivity index (χ2n) is 6.92. The highest BCUT2D eigenvalue weighted by Gasteiger charge is 2.26. The minimum Gasteiger partial charge on any atom is -0.309 e. The van der Waals surface area contributed by atoms with Crippen molar-refractivity contribution in [1.82, 2.24) is 15.2 Å². The number of thiazole rings is 1. The summed E-state index contributed by atoms with van der Waals surface area (Å²) < 4.78 is 0. The number of nitrogens with one attached hydrogen (secondary N) is 1. The fraction of sp³-hybridized carbons (Fsp3) is 0.786. The summed E-state index contributed by atoms with van der Waals surface area (Å²) in [6.45, 7) is 15.5. The van der Waals surface area contributed by atoms with Gasteiger partial charge in [-0.2, -0.15) is 0 Å². The Morgan fingerprint density at radius 3 is 2.72 bits per heavy atom. The zero-order chi connectivity index (χ0) is 13.4. The molecule has 3 nitrogen and oxygen atoms in total. The Bertz CT molecular complexity index is 403. The van der Waals surface area contributed by atoms with Gasteiger partial charge in [-0.1, -0.05) is 20.8 Å². The SMILES string of the molecule is CC1(C)CN(Cc2csc(C(C)(C)C)n2)CCN1. The van der Waals surface area contributed by atoms with Gasteiger partial charge in [0.05, 0.1) is 10.7 Å². The molecule has 0 aliphatic carbocycles. The highest BCUT2D eigenvalue weighted by Crippen LogP contribution is 2.26. The highest BCUT2D eigenvalue weighted by atomic mass is 32.1. The molecule has 0 spiro atoms. The van der Waals surface area contributed by atoms with E-state index in [0.717, 1.165) is 26.2 Å². The summed E-state index contributed by atoms with van der Waals surface area (Å²) in [6.07, 6.45) is 0. The standard InChI is InChI=1S/C14H25N3S/c1-13(2,3)12-16-11(9-18-12)8-17-7-6-15-14(4,5)10-17/h9,15H,6-8,10H2,1-5H3. The van der Waals surface area contributed by atoms with Gasteiger partial charge in [0.25, 0.3) is 0 Å². The van der Waals surface area contributed by atoms with Crippen molar-refractivity contribution < 1.29 is 0 Å². The third-order valence-corrected chi connectivity index (χ3v) is 4.55. The molecule has 0 radical (unpaired) electrons. The fourth-order valence-electron chi connectivity index (χ4n) is 2.33. The lowest BCUT2D eigenvalue weighted by atomic mass is 9.98. The van der Waals surface area contributed by atoms with Crippen molar-refractivity contribution in [2.24, 2.45) is 0 Å². The van der Waals surface area contributed by atoms with Gasteiger partial charge in [-0.3, -0.25) is 4.90 Å². The smallest absolute Gasteiger partial charge is 0.0982 e. The molecule has 0 unspecified atom stereocenters. The minimum absolute atomic E-state index is 0.172. The molecule has 1 aliphatic rings. The van der Waals surface area contributed by atoms with Crippen LogP contribution in [0.15, 0.2) is 5.38 Å². The second-order valence-corrected chi connectivity index (χ2v) is 7.77. The molecular formula is C14H25N3S. The van der Waals surface area contributed by atoms with Crippen molar-refractivity contribution in [3.05, 3.63) is 16.1 Å². The van der Waals surface area contributed by atoms with E-state index in [0.29, 0.717) is 0 Å². The van der Waals surface area contributed by atoms with E-state index < -0.39 is 0 Å². The molecule has 0 amide bonds. The Hall–Kier alpha value is -0.450. The minimum atomic E-state index is 0.172. The van der Waals surface area contributed by atoms with Gasteiger partial charge in [-0.15, -0.1) is 11.3 Å². The maximum Gasteiger partial charge on any atom is 0.0982 e. The zero-order valence-electron chi connectivity index (χ0n) is 12.2. The molecule has 2 heterocycles. The van der Waals surface area contributed by atoms with Crippen LogP contribution in [0.5, 0.6) is 0 Å². The Kier molecular flexibility index (Phi) is 3.81. The molecule has 0 saturated carbocycles. The van der Waals surface area contributed by atoms with Crippen LogP contribution in [0.3, 0.4) is 0 Å². The van der Waals surface area contributed by atoms with Crippen LogP contribution in [0.2, 0.25) is 0 Å². The fourth-order valence-corrected chi connectivity index (χ4v) is 3.23. The van der Waals surface area contributed by atoms with E-state index >= 15 is 0 Å². The van der Waals surface area contributed by atoms with E-state index in [1.807, 2.05) is 0 Å². The van der Waals surface area contributed by atoms with Crippen LogP contribution in [-0.4, -0.2) is 35.1 Å². The lowest BCUT2D eigenvalue weighted by Crippen LogP contribution is -2.56. The second kappa shape index (κ2) is 4.91. The normalized spacial score (nSPS) is 21.2. The number of nitrogens with zero attached hydrogens (tertiary/aromatic N) is 2. The van der Waals surface area contributed by atoms with Crippen molar-refractivity contribution in [3.63, 3.8) is 0 Å². The Morgan fingerprint density at radius 1 is 1.44 bits per heavy atom. The molecule has 1 fully saturated rings. The first-order chi connectivity index (χ1) is 8.26. The first-order valence-electron chi connectivity index (χ1n) is 6.69. The molecule has 2 rings (SSSR count). The number of rotatable bonds is 2. The van der Waals surface area contributed by atoms with Gasteiger partial charge < -0.3 is 5.32 Å². The molecule has 1 N–H and O–H groups in total. The van der Waals surface area contributed by atoms with E-state index in [1.54, 1.807) is 11.3 Å². The maximum absolute atomic E-state index is 4.78. The van der Waals surface area contributed by atoms with Crippen LogP contribution in [-0.2, 0) is 12.0 Å². The van der Waals surface area contributed by atoms with Gasteiger partial charge in [-0.25, -0.2) is 4.98 Å². The van der Waals surface area contributed by atoms with E-state index in [9.17, 15) is 0 Å². The summed E-state index contributed by atoms with van der Waals surface area (Å²) >= 11 is 1.79. The van der Waals surface area contributed by atoms with E-state index in [-0.39, 0.29) is 11.0 Å². The van der Waals surface area contributed by atoms with Crippen molar-refractivity contribution >= 4 is 11.3 Å². The molecule has 18 heavy (non-hydrogen) atoms. The average molecular weight is 267 g/mol. The van der Waals surface area contributed by atoms with E-state index in [1.165, 1.54) is 10.7 Å². The molecule has 1 saturated heterocycles. The third kappa shape index (κ3) is 3.53. The lowest BCUT2D eigenvalue weighted by molar-refractivity contribution is 0.147. The number of hydrogen-bond donors (Lipinski definition) is 1. The predicted molar refractivity (Wildman–Crippen MR) is 78.2 cm³/mol. The zero-order valence-corrected chi connectivity index (χ0v) is 13.0. The summed E-state index contributed by atoms with van der Waals surface area (Å²) in [6, 6.07) is 0. The summed E-state index contributed by atoms with van der Waals surface area (Å²) in [5, 5.41) is 7.00. The Labute approximate surface area is 115 Å². The Balaban J connectivity index is 1.99. The van der Waals surface area contributed by atoms with Crippen LogP contribution in [0.1, 0.15) is 45.3 Å². The molecule has 4 heteroatoms. The van der Waals surface area contributed by atoms with Crippen molar-refractivity contribution in [3.8, 4) is 0 Å². The molecule has 0 bridgehead atoms. The molecule has 102 valence electrons. The first-order valence-corrected chi connectivity index (χ1v) is 7.56. The first kappa shape index (κ1) is 14.0. The number of piperazine rings is 1. The van der Waals surface area contributed by atoms with Crippen LogP contribution in [0.25, 0.3) is 0 Å². The lowest BCUT2D eigenvalue weighted by Gasteiger charge is -2.38. The van der Waals surface area contributed by atoms with Gasteiger partial charge in [-0.05, 0) is 13.8 Å². The maximum atomic E-state index is 4.78. The monoisotopic (exact) mass is 267 g/mol. The average Bonchev–Trinajstić information content (AvgIpc) is 2.63. The quantitative estimate of drug-likeness (QED) is 0.893. The van der Waals surface area contributed by atoms with Crippen LogP contribution in [0, 0.1) is 0 Å². The van der Waals surface area contributed by atoms with E-state index in [4.69, 9.17) is 4.98 Å². The predicted octanol–water partition coefficient (Wildman–Crippen LogP) is 2.62. The van der Waals surface area contributed by atoms with Crippen LogP contribution in [0.4, 0.5) is 0 Å². The largest absolute Gasteiger partial charge is 0.309 e. The summed E-state index contributed by atoms with van der Waals surface area (Å²) in [5.41, 5.74) is 1.62. The Morgan fingerprint density at radius 2 is 2.17 bits per heavy atom. The van der Waals surface area contributed by atoms with Crippen LogP contribution < -0.4 is 5.32 Å². The molecule has 1 aliphatic heterocycles. The van der Waals surface area contributed by atoms with Crippen molar-refractivity contribution in [2.45, 2.75) is 52.1 Å². The van der Waals surface area contributed by atoms with Gasteiger partial charge in [0, 0.05) is 42.5 Å². The summed E-state index contributed by atoms with van der Waals surface area (Å²) in [5.74, 6) is 0. The number of aromatic nitrogens is 1. The van der Waals surface area contributed by atoms with Gasteiger partial charge in [0.15, 0.2) is 0 Å². The van der Waals surface area contributed by atoms with Gasteiger partial charge >= 0.3 is 0 Å². The summed E-state index contributed by atoms with van der Waals surface area (Å²) in [4.78, 5) is 7.28. The number of hydrogen-bond acceptors (Lipinski definition) is 4. The molecular weight excluding hydrogens is 242 g/mol. The molecule has 1 aromatic heterocycles. The topological polar surface area (TPSA) is 28.2 Å². The van der Waals surface area contributed by atoms with Crippen molar-refractivity contribution in [2.75, 3.05) is 19.6 Å². The highest BCUT2D eigenvalue weighted by molar-refractivity contribution is 7.09. The summed E-state index contributed by atoms with van der Waals surface area (Å²) in [7, 11) is 0. The van der Waals surface area contributed by atoms with E-state index in [2.05, 4.69) is 50.2 Å².